The second-order valence-corrected chi connectivity index (χ2v) is 6.11. The molecule has 1 fully saturated rings. The van der Waals surface area contributed by atoms with Crippen molar-refractivity contribution in [3.05, 3.63) is 46.4 Å². The summed E-state index contributed by atoms with van der Waals surface area (Å²) < 4.78 is 1.05. The Bertz CT molecular complexity index is 634. The van der Waals surface area contributed by atoms with Crippen LogP contribution in [0.5, 0.6) is 0 Å². The van der Waals surface area contributed by atoms with E-state index in [2.05, 4.69) is 34.1 Å². The van der Waals surface area contributed by atoms with Gasteiger partial charge >= 0.3 is 0 Å². The van der Waals surface area contributed by atoms with Crippen molar-refractivity contribution in [2.75, 3.05) is 7.05 Å². The summed E-state index contributed by atoms with van der Waals surface area (Å²) >= 11 is 3.50. The van der Waals surface area contributed by atoms with Gasteiger partial charge in [-0.2, -0.15) is 0 Å². The number of fused-ring (bicyclic) bond motifs is 1. The first-order valence-electron chi connectivity index (χ1n) is 6.58. The van der Waals surface area contributed by atoms with Crippen molar-refractivity contribution in [2.45, 2.75) is 25.3 Å². The molecule has 1 amide bonds. The lowest BCUT2D eigenvalue weighted by Gasteiger charge is -2.17. The molecule has 1 saturated carbocycles. The summed E-state index contributed by atoms with van der Waals surface area (Å²) in [6, 6.07) is 12.8. The molecule has 0 saturated heterocycles. The Balaban J connectivity index is 1.91. The molecule has 2 aromatic rings. The number of carbonyl (C=O) groups excluding carboxylic acids is 1. The zero-order valence-electron chi connectivity index (χ0n) is 10.9. The number of halogens is 1. The SMILES string of the molecule is CN(C(=O)Cc1cccc2ccc(Br)cc12)C1CC1. The van der Waals surface area contributed by atoms with Gasteiger partial charge in [0.25, 0.3) is 0 Å². The van der Waals surface area contributed by atoms with E-state index in [1.54, 1.807) is 0 Å². The van der Waals surface area contributed by atoms with Gasteiger partial charge in [-0.05, 0) is 41.3 Å². The highest BCUT2D eigenvalue weighted by molar-refractivity contribution is 9.10. The summed E-state index contributed by atoms with van der Waals surface area (Å²) in [5.74, 6) is 0.218. The minimum atomic E-state index is 0.218. The summed E-state index contributed by atoms with van der Waals surface area (Å²) in [5, 5.41) is 2.34. The van der Waals surface area contributed by atoms with Gasteiger partial charge < -0.3 is 4.90 Å². The van der Waals surface area contributed by atoms with Gasteiger partial charge in [0.05, 0.1) is 6.42 Å². The molecular formula is C16H16BrNO. The Morgan fingerprint density at radius 2 is 2.11 bits per heavy atom. The number of hydrogen-bond acceptors (Lipinski definition) is 1. The van der Waals surface area contributed by atoms with Crippen LogP contribution >= 0.6 is 15.9 Å². The zero-order valence-corrected chi connectivity index (χ0v) is 12.5. The molecule has 3 heteroatoms. The number of likely N-dealkylation sites (N-methyl/N-ethyl adjacent to an activating group) is 1. The molecule has 2 aromatic carbocycles. The topological polar surface area (TPSA) is 20.3 Å². The second-order valence-electron chi connectivity index (χ2n) is 5.20. The fourth-order valence-corrected chi connectivity index (χ4v) is 2.78. The molecule has 0 bridgehead atoms. The second kappa shape index (κ2) is 4.97. The van der Waals surface area contributed by atoms with E-state index in [0.717, 1.165) is 28.3 Å². The minimum absolute atomic E-state index is 0.218. The number of rotatable bonds is 3. The first kappa shape index (κ1) is 12.7. The maximum Gasteiger partial charge on any atom is 0.227 e. The van der Waals surface area contributed by atoms with E-state index >= 15 is 0 Å². The Hall–Kier alpha value is -1.35. The fourth-order valence-electron chi connectivity index (χ4n) is 2.42. The molecule has 2 nitrogen and oxygen atoms in total. The third-order valence-electron chi connectivity index (χ3n) is 3.76. The summed E-state index contributed by atoms with van der Waals surface area (Å²) in [4.78, 5) is 14.1. The van der Waals surface area contributed by atoms with Crippen LogP contribution in [0.4, 0.5) is 0 Å². The number of benzene rings is 2. The molecule has 19 heavy (non-hydrogen) atoms. The van der Waals surface area contributed by atoms with Crippen LogP contribution < -0.4 is 0 Å². The molecule has 1 aliphatic carbocycles. The summed E-state index contributed by atoms with van der Waals surface area (Å²) in [6.45, 7) is 0. The third-order valence-corrected chi connectivity index (χ3v) is 4.26. The van der Waals surface area contributed by atoms with Crippen molar-refractivity contribution in [2.24, 2.45) is 0 Å². The van der Waals surface area contributed by atoms with Gasteiger partial charge in [-0.15, -0.1) is 0 Å². The monoisotopic (exact) mass is 317 g/mol. The van der Waals surface area contributed by atoms with Gasteiger partial charge in [0.2, 0.25) is 5.91 Å². The number of hydrogen-bond donors (Lipinski definition) is 0. The molecule has 0 aliphatic heterocycles. The highest BCUT2D eigenvalue weighted by Crippen LogP contribution is 2.27. The molecule has 0 aromatic heterocycles. The predicted octanol–water partition coefficient (Wildman–Crippen LogP) is 3.77. The molecule has 0 N–H and O–H groups in total. The number of carbonyl (C=O) groups is 1. The smallest absolute Gasteiger partial charge is 0.227 e. The van der Waals surface area contributed by atoms with E-state index in [1.807, 2.05) is 30.1 Å². The maximum absolute atomic E-state index is 12.2. The van der Waals surface area contributed by atoms with Gasteiger partial charge in [-0.1, -0.05) is 40.2 Å². The van der Waals surface area contributed by atoms with Crippen LogP contribution in [0.15, 0.2) is 40.9 Å². The summed E-state index contributed by atoms with van der Waals surface area (Å²) in [6.07, 6.45) is 2.80. The van der Waals surface area contributed by atoms with Gasteiger partial charge in [0.1, 0.15) is 0 Å². The van der Waals surface area contributed by atoms with Gasteiger partial charge in [0, 0.05) is 17.6 Å². The zero-order chi connectivity index (χ0) is 13.4. The average molecular weight is 318 g/mol. The van der Waals surface area contributed by atoms with Crippen LogP contribution in [0.25, 0.3) is 10.8 Å². The highest BCUT2D eigenvalue weighted by Gasteiger charge is 2.29. The van der Waals surface area contributed by atoms with Crippen molar-refractivity contribution in [1.29, 1.82) is 0 Å². The van der Waals surface area contributed by atoms with Crippen molar-refractivity contribution in [1.82, 2.24) is 4.90 Å². The number of amides is 1. The lowest BCUT2D eigenvalue weighted by Crippen LogP contribution is -2.30. The molecule has 98 valence electrons. The van der Waals surface area contributed by atoms with E-state index in [-0.39, 0.29) is 5.91 Å². The first-order valence-corrected chi connectivity index (χ1v) is 7.37. The maximum atomic E-state index is 12.2. The van der Waals surface area contributed by atoms with Crippen molar-refractivity contribution in [3.63, 3.8) is 0 Å². The van der Waals surface area contributed by atoms with E-state index in [9.17, 15) is 4.79 Å². The molecule has 0 radical (unpaired) electrons. The van der Waals surface area contributed by atoms with E-state index < -0.39 is 0 Å². The molecule has 1 aliphatic rings. The average Bonchev–Trinajstić information content (AvgIpc) is 3.23. The van der Waals surface area contributed by atoms with E-state index in [4.69, 9.17) is 0 Å². The van der Waals surface area contributed by atoms with Crippen LogP contribution in [-0.4, -0.2) is 23.9 Å². The number of nitrogens with zero attached hydrogens (tertiary/aromatic N) is 1. The Morgan fingerprint density at radius 1 is 1.32 bits per heavy atom. The third kappa shape index (κ3) is 2.66. The molecule has 3 rings (SSSR count). The Morgan fingerprint density at radius 3 is 2.84 bits per heavy atom. The molecule has 0 atom stereocenters. The Labute approximate surface area is 121 Å². The van der Waals surface area contributed by atoms with Crippen LogP contribution in [0, 0.1) is 0 Å². The molecular weight excluding hydrogens is 302 g/mol. The van der Waals surface area contributed by atoms with Crippen molar-refractivity contribution < 1.29 is 4.79 Å². The van der Waals surface area contributed by atoms with Crippen LogP contribution in [-0.2, 0) is 11.2 Å². The van der Waals surface area contributed by atoms with Gasteiger partial charge in [0.15, 0.2) is 0 Å². The first-order chi connectivity index (χ1) is 9.15. The summed E-state index contributed by atoms with van der Waals surface area (Å²) in [5.41, 5.74) is 1.11. The van der Waals surface area contributed by atoms with Crippen LogP contribution in [0.1, 0.15) is 18.4 Å². The molecule has 0 spiro atoms. The quantitative estimate of drug-likeness (QED) is 0.844. The molecule has 0 unspecified atom stereocenters. The predicted molar refractivity (Wildman–Crippen MR) is 81.1 cm³/mol. The fraction of sp³-hybridized carbons (Fsp3) is 0.312. The van der Waals surface area contributed by atoms with Gasteiger partial charge in [-0.25, -0.2) is 0 Å². The lowest BCUT2D eigenvalue weighted by molar-refractivity contribution is -0.129. The van der Waals surface area contributed by atoms with Crippen LogP contribution in [0.3, 0.4) is 0 Å². The van der Waals surface area contributed by atoms with Crippen LogP contribution in [0.2, 0.25) is 0 Å². The lowest BCUT2D eigenvalue weighted by atomic mass is 10.0. The Kier molecular flexibility index (Phi) is 3.31. The normalized spacial score (nSPS) is 14.6. The van der Waals surface area contributed by atoms with Crippen molar-refractivity contribution >= 4 is 32.6 Å². The standard InChI is InChI=1S/C16H16BrNO/c1-18(14-7-8-14)16(19)9-12-4-2-3-11-5-6-13(17)10-15(11)12/h2-6,10,14H,7-9H2,1H3. The largest absolute Gasteiger partial charge is 0.342 e. The van der Waals surface area contributed by atoms with Gasteiger partial charge in [-0.3, -0.25) is 4.79 Å². The molecule has 0 heterocycles. The van der Waals surface area contributed by atoms with Crippen molar-refractivity contribution in [3.8, 4) is 0 Å². The van der Waals surface area contributed by atoms with E-state index in [0.29, 0.717) is 12.5 Å². The van der Waals surface area contributed by atoms with E-state index in [1.165, 1.54) is 5.39 Å². The minimum Gasteiger partial charge on any atom is -0.342 e. The summed E-state index contributed by atoms with van der Waals surface area (Å²) in [7, 11) is 1.92. The highest BCUT2D eigenvalue weighted by atomic mass is 79.9.